The van der Waals surface area contributed by atoms with Crippen molar-refractivity contribution < 1.29 is 18.0 Å². The van der Waals surface area contributed by atoms with Crippen LogP contribution in [0, 0.1) is 11.3 Å². The Bertz CT molecular complexity index is 1120. The Hall–Kier alpha value is -2.52. The molecule has 0 spiro atoms. The highest BCUT2D eigenvalue weighted by atomic mass is 32.2. The molecule has 11 heteroatoms. The number of carbonyl (C=O) groups is 2. The molecule has 5 atom stereocenters. The van der Waals surface area contributed by atoms with Crippen molar-refractivity contribution in [2.24, 2.45) is 5.73 Å². The topological polar surface area (TPSA) is 131 Å². The fourth-order valence-corrected chi connectivity index (χ4v) is 6.37. The summed E-state index contributed by atoms with van der Waals surface area (Å²) in [7, 11) is -0.595. The normalized spacial score (nSPS) is 26.8. The maximum atomic E-state index is 13.3. The molecule has 2 N–H and O–H groups in total. The maximum Gasteiger partial charge on any atom is 0.242 e. The smallest absolute Gasteiger partial charge is 0.242 e. The van der Waals surface area contributed by atoms with Crippen LogP contribution >= 0.6 is 0 Å². The van der Waals surface area contributed by atoms with Gasteiger partial charge < -0.3 is 15.5 Å². The fraction of sp³-hybridized carbons (Fsp3) is 0.609. The van der Waals surface area contributed by atoms with Crippen molar-refractivity contribution in [3.05, 3.63) is 29.8 Å². The highest BCUT2D eigenvalue weighted by Gasteiger charge is 2.51. The fourth-order valence-electron chi connectivity index (χ4n) is 5.41. The second-order valence-corrected chi connectivity index (χ2v) is 11.7. The Morgan fingerprint density at radius 3 is 2.74 bits per heavy atom. The molecule has 2 bridgehead atoms. The number of benzene rings is 1. The molecule has 4 rings (SSSR count). The van der Waals surface area contributed by atoms with Gasteiger partial charge in [0.1, 0.15) is 6.04 Å². The first-order valence-electron chi connectivity index (χ1n) is 11.6. The van der Waals surface area contributed by atoms with Crippen LogP contribution in [0.2, 0.25) is 0 Å². The number of fused-ring (bicyclic) bond motifs is 2. The second-order valence-electron chi connectivity index (χ2n) is 9.57. The first-order chi connectivity index (χ1) is 16.1. The van der Waals surface area contributed by atoms with Gasteiger partial charge in [-0.25, -0.2) is 12.7 Å². The quantitative estimate of drug-likeness (QED) is 0.577. The number of nitrogens with two attached hydrogens (primary N) is 1. The summed E-state index contributed by atoms with van der Waals surface area (Å²) >= 11 is 0. The molecule has 3 unspecified atom stereocenters. The minimum absolute atomic E-state index is 0.0254. The van der Waals surface area contributed by atoms with Crippen molar-refractivity contribution >= 4 is 21.8 Å². The molecule has 184 valence electrons. The summed E-state index contributed by atoms with van der Waals surface area (Å²) < 4.78 is 26.2. The summed E-state index contributed by atoms with van der Waals surface area (Å²) in [5.41, 5.74) is 6.97. The lowest BCUT2D eigenvalue weighted by Gasteiger charge is -2.38. The molecule has 3 heterocycles. The number of likely N-dealkylation sites (tertiary alicyclic amines) is 3. The van der Waals surface area contributed by atoms with Crippen LogP contribution in [-0.2, 0) is 19.6 Å². The number of piperazine rings is 1. The third kappa shape index (κ3) is 4.20. The number of sulfonamides is 1. The zero-order valence-corrected chi connectivity index (χ0v) is 20.6. The molecular formula is C23H32N6O4S. The van der Waals surface area contributed by atoms with Crippen LogP contribution in [0.5, 0.6) is 0 Å². The molecule has 10 nitrogen and oxygen atoms in total. The highest BCUT2D eigenvalue weighted by molar-refractivity contribution is 7.89. The lowest BCUT2D eigenvalue weighted by Crippen LogP contribution is -2.56. The number of carbonyl (C=O) groups excluding carboxylic acids is 2. The lowest BCUT2D eigenvalue weighted by atomic mass is 10.1. The number of hydrogen-bond donors (Lipinski definition) is 1. The van der Waals surface area contributed by atoms with Gasteiger partial charge in [-0.05, 0) is 43.9 Å². The summed E-state index contributed by atoms with van der Waals surface area (Å²) in [6, 6.07) is 7.05. The summed E-state index contributed by atoms with van der Waals surface area (Å²) in [5, 5.41) is 9.25. The second kappa shape index (κ2) is 9.26. The molecule has 0 radical (unpaired) electrons. The third-order valence-corrected chi connectivity index (χ3v) is 9.10. The minimum atomic E-state index is -3.57. The SMILES string of the molecule is CC(c1cccc(S(=O)(=O)N(C)C)c1)N1C(=O)C2C[C@H]1CN2C[C@H](N)C(=O)N1CCCC1C#N. The molecule has 3 aliphatic rings. The largest absolute Gasteiger partial charge is 0.330 e. The van der Waals surface area contributed by atoms with Crippen LogP contribution in [-0.4, -0.2) is 97.1 Å². The zero-order valence-electron chi connectivity index (χ0n) is 19.8. The summed E-state index contributed by atoms with van der Waals surface area (Å²) in [6.07, 6.45) is 2.13. The molecule has 0 aromatic heterocycles. The zero-order chi connectivity index (χ0) is 24.8. The standard InChI is InChI=1S/C23H32N6O4S/c1-15(16-6-4-8-19(10-16)34(32,33)26(2)3)29-18-11-21(23(29)31)27(13-18)14-20(25)22(30)28-9-5-7-17(28)12-24/h4,6,8,10,15,17-18,20-21H,5,7,9,11,13-14,25H2,1-3H3/t15?,17?,18-,20-,21?/m0/s1. The van der Waals surface area contributed by atoms with E-state index in [0.717, 1.165) is 12.0 Å². The first kappa shape index (κ1) is 24.6. The van der Waals surface area contributed by atoms with Crippen molar-refractivity contribution in [3.63, 3.8) is 0 Å². The van der Waals surface area contributed by atoms with Gasteiger partial charge in [-0.2, -0.15) is 5.26 Å². The van der Waals surface area contributed by atoms with E-state index in [9.17, 15) is 23.3 Å². The van der Waals surface area contributed by atoms with E-state index in [4.69, 9.17) is 5.73 Å². The monoisotopic (exact) mass is 488 g/mol. The van der Waals surface area contributed by atoms with Crippen LogP contribution in [0.1, 0.15) is 37.8 Å². The first-order valence-corrected chi connectivity index (χ1v) is 13.0. The van der Waals surface area contributed by atoms with Crippen molar-refractivity contribution in [3.8, 4) is 6.07 Å². The minimum Gasteiger partial charge on any atom is -0.330 e. The van der Waals surface area contributed by atoms with Gasteiger partial charge in [0.2, 0.25) is 21.8 Å². The van der Waals surface area contributed by atoms with Crippen LogP contribution in [0.3, 0.4) is 0 Å². The molecule has 3 fully saturated rings. The van der Waals surface area contributed by atoms with Gasteiger partial charge in [0.15, 0.2) is 0 Å². The molecule has 2 amide bonds. The molecule has 34 heavy (non-hydrogen) atoms. The maximum absolute atomic E-state index is 13.3. The Morgan fingerprint density at radius 1 is 1.35 bits per heavy atom. The van der Waals surface area contributed by atoms with Crippen molar-refractivity contribution in [2.45, 2.75) is 61.3 Å². The number of nitrogens with zero attached hydrogens (tertiary/aromatic N) is 5. The average Bonchev–Trinajstić information content (AvgIpc) is 3.52. The number of hydrogen-bond acceptors (Lipinski definition) is 7. The van der Waals surface area contributed by atoms with Gasteiger partial charge in [0.05, 0.1) is 29.1 Å². The number of nitriles is 1. The Labute approximate surface area is 200 Å². The molecule has 0 aliphatic carbocycles. The van der Waals surface area contributed by atoms with E-state index < -0.39 is 22.1 Å². The summed E-state index contributed by atoms with van der Waals surface area (Å²) in [5.74, 6) is -0.260. The highest BCUT2D eigenvalue weighted by Crippen LogP contribution is 2.38. The third-order valence-electron chi connectivity index (χ3n) is 7.28. The van der Waals surface area contributed by atoms with Crippen molar-refractivity contribution in [1.29, 1.82) is 5.26 Å². The average molecular weight is 489 g/mol. The Morgan fingerprint density at radius 2 is 2.09 bits per heavy atom. The van der Waals surface area contributed by atoms with Crippen LogP contribution in [0.4, 0.5) is 0 Å². The molecule has 0 saturated carbocycles. The number of amides is 2. The van der Waals surface area contributed by atoms with Crippen molar-refractivity contribution in [1.82, 2.24) is 19.0 Å². The lowest BCUT2D eigenvalue weighted by molar-refractivity contribution is -0.141. The van der Waals surface area contributed by atoms with E-state index >= 15 is 0 Å². The molecule has 1 aromatic rings. The summed E-state index contributed by atoms with van der Waals surface area (Å²) in [4.78, 5) is 31.6. The van der Waals surface area contributed by atoms with E-state index in [0.29, 0.717) is 25.9 Å². The van der Waals surface area contributed by atoms with Gasteiger partial charge in [-0.3, -0.25) is 14.5 Å². The molecule has 3 aliphatic heterocycles. The molecule has 3 saturated heterocycles. The van der Waals surface area contributed by atoms with E-state index in [1.165, 1.54) is 18.4 Å². The van der Waals surface area contributed by atoms with E-state index in [1.807, 2.05) is 22.8 Å². The van der Waals surface area contributed by atoms with Crippen LogP contribution in [0.25, 0.3) is 0 Å². The number of rotatable bonds is 7. The van der Waals surface area contributed by atoms with E-state index in [2.05, 4.69) is 6.07 Å². The Balaban J connectivity index is 1.43. The predicted octanol–water partition coefficient (Wildman–Crippen LogP) is 0.125. The van der Waals surface area contributed by atoms with Gasteiger partial charge in [0.25, 0.3) is 0 Å². The van der Waals surface area contributed by atoms with Gasteiger partial charge >= 0.3 is 0 Å². The van der Waals surface area contributed by atoms with Crippen LogP contribution in [0.15, 0.2) is 29.2 Å². The predicted molar refractivity (Wildman–Crippen MR) is 125 cm³/mol. The van der Waals surface area contributed by atoms with Gasteiger partial charge in [0, 0.05) is 39.8 Å². The van der Waals surface area contributed by atoms with E-state index in [1.54, 1.807) is 23.1 Å². The van der Waals surface area contributed by atoms with Gasteiger partial charge in [-0.1, -0.05) is 12.1 Å². The summed E-state index contributed by atoms with van der Waals surface area (Å²) in [6.45, 7) is 3.34. The van der Waals surface area contributed by atoms with Gasteiger partial charge in [-0.15, -0.1) is 0 Å². The van der Waals surface area contributed by atoms with E-state index in [-0.39, 0.29) is 41.4 Å². The van der Waals surface area contributed by atoms with Crippen LogP contribution < -0.4 is 5.73 Å². The Kier molecular flexibility index (Phi) is 6.70. The molecular weight excluding hydrogens is 456 g/mol. The van der Waals surface area contributed by atoms with Crippen molar-refractivity contribution in [2.75, 3.05) is 33.7 Å². The molecule has 1 aromatic carbocycles.